The average molecular weight is 612 g/mol. The number of aliphatic hydroxyl groups is 1. The number of aromatic nitrogens is 1. The first-order chi connectivity index (χ1) is 21.7. The second-order valence-corrected chi connectivity index (χ2v) is 10.9. The van der Waals surface area contributed by atoms with Crippen LogP contribution in [0.2, 0.25) is 0 Å². The van der Waals surface area contributed by atoms with Crippen LogP contribution in [0, 0.1) is 0 Å². The van der Waals surface area contributed by atoms with E-state index in [2.05, 4.69) is 27.9 Å². The van der Waals surface area contributed by atoms with E-state index in [0.717, 1.165) is 28.7 Å². The maximum atomic E-state index is 12.7. The summed E-state index contributed by atoms with van der Waals surface area (Å²) in [7, 11) is 3.15. The molecule has 10 nitrogen and oxygen atoms in total. The molecule has 0 aliphatic heterocycles. The number of rotatable bonds is 15. The summed E-state index contributed by atoms with van der Waals surface area (Å²) in [5.41, 5.74) is 10.7. The molecule has 0 spiro atoms. The van der Waals surface area contributed by atoms with Crippen molar-refractivity contribution in [2.24, 2.45) is 0 Å². The van der Waals surface area contributed by atoms with Gasteiger partial charge in [-0.15, -0.1) is 0 Å². The van der Waals surface area contributed by atoms with Crippen LogP contribution in [0.5, 0.6) is 11.5 Å². The fraction of sp³-hybridized carbons (Fsp3) is 0.286. The number of nitrogens with two attached hydrogens (primary N) is 1. The summed E-state index contributed by atoms with van der Waals surface area (Å²) >= 11 is 0. The molecule has 0 fully saturated rings. The van der Waals surface area contributed by atoms with E-state index in [-0.39, 0.29) is 24.3 Å². The fourth-order valence-corrected chi connectivity index (χ4v) is 4.83. The van der Waals surface area contributed by atoms with Gasteiger partial charge in [-0.3, -0.25) is 9.59 Å². The van der Waals surface area contributed by atoms with Crippen molar-refractivity contribution in [3.05, 3.63) is 118 Å². The second-order valence-electron chi connectivity index (χ2n) is 10.9. The van der Waals surface area contributed by atoms with E-state index in [1.807, 2.05) is 48.5 Å². The zero-order valence-electron chi connectivity index (χ0n) is 25.9. The molecule has 0 bridgehead atoms. The van der Waals surface area contributed by atoms with Gasteiger partial charge in [0.2, 0.25) is 5.91 Å². The first kappa shape index (κ1) is 33.0. The predicted molar refractivity (Wildman–Crippen MR) is 174 cm³/mol. The molecule has 0 saturated heterocycles. The molecule has 6 N–H and O–H groups in total. The number of ether oxygens (including phenoxy) is 2. The van der Waals surface area contributed by atoms with E-state index in [4.69, 9.17) is 15.2 Å². The Morgan fingerprint density at radius 3 is 2.27 bits per heavy atom. The smallest absolute Gasteiger partial charge is 0.251 e. The largest absolute Gasteiger partial charge is 0.493 e. The third-order valence-electron chi connectivity index (χ3n) is 7.36. The van der Waals surface area contributed by atoms with E-state index in [0.29, 0.717) is 48.1 Å². The molecule has 10 heteroatoms. The fourth-order valence-electron chi connectivity index (χ4n) is 4.83. The van der Waals surface area contributed by atoms with Crippen LogP contribution in [0.1, 0.15) is 51.2 Å². The van der Waals surface area contributed by atoms with Crippen LogP contribution in [0.3, 0.4) is 0 Å². The molecule has 0 aliphatic rings. The average Bonchev–Trinajstić information content (AvgIpc) is 3.05. The summed E-state index contributed by atoms with van der Waals surface area (Å²) in [6.07, 6.45) is 1.91. The number of nitrogens with one attached hydrogen (secondary N) is 3. The highest BCUT2D eigenvalue weighted by Crippen LogP contribution is 2.27. The number of benzene rings is 3. The summed E-state index contributed by atoms with van der Waals surface area (Å²) < 4.78 is 10.6. The van der Waals surface area contributed by atoms with Crippen LogP contribution < -0.4 is 31.2 Å². The van der Waals surface area contributed by atoms with Crippen LogP contribution in [0.25, 0.3) is 0 Å². The lowest BCUT2D eigenvalue weighted by Crippen LogP contribution is -2.32. The van der Waals surface area contributed by atoms with Gasteiger partial charge in [-0.05, 0) is 65.9 Å². The number of nitrogen functional groups attached to an aromatic ring is 1. The molecule has 0 radical (unpaired) electrons. The molecule has 2 amide bonds. The van der Waals surface area contributed by atoms with Crippen molar-refractivity contribution in [3.63, 3.8) is 0 Å². The number of hydrogen-bond donors (Lipinski definition) is 5. The highest BCUT2D eigenvalue weighted by atomic mass is 16.5. The minimum atomic E-state index is -0.681. The Bertz CT molecular complexity index is 1560. The van der Waals surface area contributed by atoms with Crippen molar-refractivity contribution in [3.8, 4) is 11.5 Å². The molecule has 2 atom stereocenters. The minimum Gasteiger partial charge on any atom is -0.493 e. The third kappa shape index (κ3) is 10.1. The number of amides is 2. The van der Waals surface area contributed by atoms with Gasteiger partial charge in [-0.2, -0.15) is 0 Å². The van der Waals surface area contributed by atoms with Gasteiger partial charge in [-0.25, -0.2) is 4.98 Å². The van der Waals surface area contributed by atoms with Gasteiger partial charge in [0.1, 0.15) is 5.82 Å². The van der Waals surface area contributed by atoms with Crippen molar-refractivity contribution >= 4 is 17.6 Å². The van der Waals surface area contributed by atoms with Gasteiger partial charge in [0.15, 0.2) is 11.5 Å². The Kier molecular flexibility index (Phi) is 11.9. The zero-order chi connectivity index (χ0) is 32.2. The van der Waals surface area contributed by atoms with Crippen LogP contribution in [0.4, 0.5) is 5.82 Å². The normalized spacial score (nSPS) is 12.2. The second kappa shape index (κ2) is 16.2. The predicted octanol–water partition coefficient (Wildman–Crippen LogP) is 3.72. The molecule has 1 heterocycles. The van der Waals surface area contributed by atoms with Crippen LogP contribution in [0.15, 0.2) is 85.1 Å². The lowest BCUT2D eigenvalue weighted by Gasteiger charge is -2.18. The van der Waals surface area contributed by atoms with Crippen molar-refractivity contribution in [1.29, 1.82) is 0 Å². The van der Waals surface area contributed by atoms with Gasteiger partial charge in [0.25, 0.3) is 5.91 Å². The molecular weight excluding hydrogens is 570 g/mol. The number of nitrogens with zero attached hydrogens (tertiary/aromatic N) is 1. The number of carbonyl (C=O) groups is 2. The van der Waals surface area contributed by atoms with Gasteiger partial charge >= 0.3 is 0 Å². The molecule has 0 saturated carbocycles. The number of pyridine rings is 1. The molecule has 236 valence electrons. The van der Waals surface area contributed by atoms with Gasteiger partial charge in [0.05, 0.1) is 26.7 Å². The SMILES string of the molecule is COc1ccc(CNC(=O)c2ccc(CNC(=O)Cc3cccc(CC(C)NC[C@@H](O)c4ccc(N)nc4)c3)cc2)cc1OC. The first-order valence-electron chi connectivity index (χ1n) is 14.8. The Morgan fingerprint density at radius 1 is 0.844 bits per heavy atom. The topological polar surface area (TPSA) is 148 Å². The van der Waals surface area contributed by atoms with E-state index in [1.165, 1.54) is 0 Å². The van der Waals surface area contributed by atoms with Gasteiger partial charge in [0, 0.05) is 43.0 Å². The third-order valence-corrected chi connectivity index (χ3v) is 7.36. The molecule has 0 aliphatic carbocycles. The molecule has 1 unspecified atom stereocenters. The van der Waals surface area contributed by atoms with Crippen molar-refractivity contribution in [2.75, 3.05) is 26.5 Å². The molecule has 4 aromatic rings. The monoisotopic (exact) mass is 611 g/mol. The molecule has 45 heavy (non-hydrogen) atoms. The lowest BCUT2D eigenvalue weighted by molar-refractivity contribution is -0.120. The Morgan fingerprint density at radius 2 is 1.56 bits per heavy atom. The van der Waals surface area contributed by atoms with Crippen LogP contribution in [-0.2, 0) is 30.7 Å². The number of methoxy groups -OCH3 is 2. The van der Waals surface area contributed by atoms with E-state index in [9.17, 15) is 14.7 Å². The van der Waals surface area contributed by atoms with Gasteiger partial charge < -0.3 is 36.3 Å². The Labute approximate surface area is 264 Å². The summed E-state index contributed by atoms with van der Waals surface area (Å²) in [4.78, 5) is 29.4. The summed E-state index contributed by atoms with van der Waals surface area (Å²) in [6.45, 7) is 3.15. The van der Waals surface area contributed by atoms with Crippen molar-refractivity contribution in [2.45, 2.75) is 45.0 Å². The van der Waals surface area contributed by atoms with E-state index >= 15 is 0 Å². The zero-order valence-corrected chi connectivity index (χ0v) is 25.9. The maximum Gasteiger partial charge on any atom is 0.251 e. The highest BCUT2D eigenvalue weighted by molar-refractivity contribution is 5.94. The summed E-state index contributed by atoms with van der Waals surface area (Å²) in [5.74, 6) is 1.37. The quantitative estimate of drug-likeness (QED) is 0.137. The van der Waals surface area contributed by atoms with E-state index in [1.54, 1.807) is 50.7 Å². The van der Waals surface area contributed by atoms with Crippen molar-refractivity contribution in [1.82, 2.24) is 20.9 Å². The highest BCUT2D eigenvalue weighted by Gasteiger charge is 2.12. The van der Waals surface area contributed by atoms with E-state index < -0.39 is 6.10 Å². The lowest BCUT2D eigenvalue weighted by atomic mass is 10.0. The first-order valence-corrected chi connectivity index (χ1v) is 14.8. The number of carbonyl (C=O) groups excluding carboxylic acids is 2. The van der Waals surface area contributed by atoms with Crippen molar-refractivity contribution < 1.29 is 24.2 Å². The Balaban J connectivity index is 1.20. The molecule has 1 aromatic heterocycles. The summed E-state index contributed by atoms with van der Waals surface area (Å²) in [6, 6.07) is 24.2. The van der Waals surface area contributed by atoms with Crippen LogP contribution in [-0.4, -0.2) is 48.7 Å². The molecule has 3 aromatic carbocycles. The molecular formula is C35H41N5O5. The number of hydrogen-bond acceptors (Lipinski definition) is 8. The number of aliphatic hydroxyl groups excluding tert-OH is 1. The van der Waals surface area contributed by atoms with Crippen LogP contribution >= 0.6 is 0 Å². The Hall–Kier alpha value is -4.93. The number of anilines is 1. The standard InChI is InChI=1S/C35H41N5O5/c1-23(37-22-30(41)29-12-14-33(36)38-21-29)15-25-5-4-6-26(16-25)18-34(42)39-19-24-7-10-28(11-8-24)35(43)40-20-27-9-13-31(44-2)32(17-27)45-3/h4-14,16-17,21,23,30,37,41H,15,18-20,22H2,1-3H3,(H2,36,38)(H,39,42)(H,40,43)/t23?,30-/m1/s1. The molecule has 4 rings (SSSR count). The minimum absolute atomic E-state index is 0.0877. The maximum absolute atomic E-state index is 12.7. The van der Waals surface area contributed by atoms with Gasteiger partial charge in [-0.1, -0.05) is 48.5 Å². The summed E-state index contributed by atoms with van der Waals surface area (Å²) in [5, 5.41) is 19.6.